The number of carbonyl (C=O) groups is 4. The number of nitrogens with zero attached hydrogens (tertiary/aromatic N) is 3. The fourth-order valence-electron chi connectivity index (χ4n) is 3.52. The van der Waals surface area contributed by atoms with Gasteiger partial charge in [0.05, 0.1) is 0 Å². The number of aryl methyl sites for hydroxylation is 1. The van der Waals surface area contributed by atoms with E-state index < -0.39 is 48.1 Å². The molecular weight excluding hydrogens is 528 g/mol. The molecular formula is C22H22N4O7S3. The molecule has 1 fully saturated rings. The second-order valence-electron chi connectivity index (χ2n) is 7.72. The van der Waals surface area contributed by atoms with Crippen LogP contribution in [0.2, 0.25) is 0 Å². The van der Waals surface area contributed by atoms with Crippen LogP contribution in [0.5, 0.6) is 0 Å². The Morgan fingerprint density at radius 1 is 1.25 bits per heavy atom. The van der Waals surface area contributed by atoms with E-state index in [0.717, 1.165) is 9.35 Å². The zero-order chi connectivity index (χ0) is 25.8. The van der Waals surface area contributed by atoms with Crippen LogP contribution in [0.1, 0.15) is 23.6 Å². The van der Waals surface area contributed by atoms with Crippen LogP contribution in [0.4, 0.5) is 0 Å². The van der Waals surface area contributed by atoms with Crippen molar-refractivity contribution in [1.29, 1.82) is 0 Å². The fraction of sp³-hybridized carbons (Fsp3) is 0.364. The topological polar surface area (TPSA) is 148 Å². The quantitative estimate of drug-likeness (QED) is 0.202. The SMILES string of the molecule is CC(=O)OCOC(=O)C1=C(CSc2nnc(C)s2)CS[C@@H]2C(NC(=O)[C@H](O)c3ccccc3)C(=O)N12. The number of carbonyl (C=O) groups excluding carboxylic acids is 4. The van der Waals surface area contributed by atoms with Crippen molar-refractivity contribution in [3.63, 3.8) is 0 Å². The maximum Gasteiger partial charge on any atom is 0.357 e. The Morgan fingerprint density at radius 2 is 2.00 bits per heavy atom. The Kier molecular flexibility index (Phi) is 8.28. The Hall–Kier alpha value is -2.94. The Bertz CT molecular complexity index is 1200. The van der Waals surface area contributed by atoms with Crippen LogP contribution >= 0.6 is 34.9 Å². The smallest absolute Gasteiger partial charge is 0.357 e. The van der Waals surface area contributed by atoms with Crippen molar-refractivity contribution in [2.45, 2.75) is 35.7 Å². The normalized spacial score (nSPS) is 19.8. The van der Waals surface area contributed by atoms with E-state index in [-0.39, 0.29) is 5.70 Å². The third kappa shape index (κ3) is 5.72. The highest BCUT2D eigenvalue weighted by atomic mass is 32.2. The summed E-state index contributed by atoms with van der Waals surface area (Å²) >= 11 is 4.18. The second-order valence-corrected chi connectivity index (χ2v) is 11.2. The van der Waals surface area contributed by atoms with Gasteiger partial charge in [-0.05, 0) is 18.1 Å². The lowest BCUT2D eigenvalue weighted by Crippen LogP contribution is -2.71. The van der Waals surface area contributed by atoms with Crippen LogP contribution in [0, 0.1) is 6.92 Å². The molecule has 14 heteroatoms. The molecule has 0 saturated carbocycles. The first-order chi connectivity index (χ1) is 17.3. The number of esters is 2. The molecule has 4 rings (SSSR count). The summed E-state index contributed by atoms with van der Waals surface area (Å²) in [7, 11) is 0. The molecule has 2 aliphatic heterocycles. The minimum Gasteiger partial charge on any atom is -0.428 e. The Labute approximate surface area is 218 Å². The summed E-state index contributed by atoms with van der Waals surface area (Å²) in [4.78, 5) is 50.9. The van der Waals surface area contributed by atoms with E-state index in [1.165, 1.54) is 46.7 Å². The van der Waals surface area contributed by atoms with Gasteiger partial charge in [0.1, 0.15) is 22.1 Å². The Morgan fingerprint density at radius 3 is 2.67 bits per heavy atom. The minimum absolute atomic E-state index is 0.0544. The zero-order valence-corrected chi connectivity index (χ0v) is 21.7. The summed E-state index contributed by atoms with van der Waals surface area (Å²) < 4.78 is 10.5. The molecule has 2 amide bonds. The molecule has 1 aromatic carbocycles. The number of thioether (sulfide) groups is 2. The van der Waals surface area contributed by atoms with Gasteiger partial charge in [0.15, 0.2) is 10.4 Å². The molecule has 2 aromatic rings. The lowest BCUT2D eigenvalue weighted by molar-refractivity contribution is -0.166. The van der Waals surface area contributed by atoms with Gasteiger partial charge in [-0.2, -0.15) is 0 Å². The molecule has 0 aliphatic carbocycles. The van der Waals surface area contributed by atoms with Crippen LogP contribution in [0.15, 0.2) is 45.9 Å². The number of hydrogen-bond donors (Lipinski definition) is 2. The molecule has 3 atom stereocenters. The number of aliphatic hydroxyl groups excluding tert-OH is 1. The van der Waals surface area contributed by atoms with Crippen LogP contribution in [0.3, 0.4) is 0 Å². The summed E-state index contributed by atoms with van der Waals surface area (Å²) in [5.74, 6) is -1.89. The highest BCUT2D eigenvalue weighted by molar-refractivity contribution is 8.01. The second kappa shape index (κ2) is 11.4. The molecule has 3 heterocycles. The molecule has 36 heavy (non-hydrogen) atoms. The third-order valence-electron chi connectivity index (χ3n) is 5.23. The van der Waals surface area contributed by atoms with Gasteiger partial charge >= 0.3 is 11.9 Å². The first-order valence-electron chi connectivity index (χ1n) is 10.7. The number of nitrogens with one attached hydrogen (secondary N) is 1. The van der Waals surface area contributed by atoms with Gasteiger partial charge in [-0.1, -0.05) is 53.4 Å². The van der Waals surface area contributed by atoms with Crippen LogP contribution in [-0.4, -0.2) is 73.7 Å². The van der Waals surface area contributed by atoms with E-state index in [2.05, 4.69) is 15.5 Å². The van der Waals surface area contributed by atoms with E-state index in [1.807, 2.05) is 6.92 Å². The van der Waals surface area contributed by atoms with E-state index in [4.69, 9.17) is 9.47 Å². The number of rotatable bonds is 9. The number of benzene rings is 1. The average molecular weight is 551 g/mol. The van der Waals surface area contributed by atoms with Crippen molar-refractivity contribution in [3.05, 3.63) is 52.2 Å². The zero-order valence-electron chi connectivity index (χ0n) is 19.2. The van der Waals surface area contributed by atoms with E-state index >= 15 is 0 Å². The highest BCUT2D eigenvalue weighted by Crippen LogP contribution is 2.42. The minimum atomic E-state index is -1.44. The van der Waals surface area contributed by atoms with Crippen LogP contribution in [0.25, 0.3) is 0 Å². The predicted molar refractivity (Wildman–Crippen MR) is 132 cm³/mol. The molecule has 1 saturated heterocycles. The first-order valence-corrected chi connectivity index (χ1v) is 13.5. The summed E-state index contributed by atoms with van der Waals surface area (Å²) in [6, 6.07) is 7.45. The summed E-state index contributed by atoms with van der Waals surface area (Å²) in [6.07, 6.45) is -1.44. The van der Waals surface area contributed by atoms with E-state index in [1.54, 1.807) is 30.3 Å². The van der Waals surface area contributed by atoms with Crippen molar-refractivity contribution in [2.75, 3.05) is 18.3 Å². The largest absolute Gasteiger partial charge is 0.428 e. The number of aromatic nitrogens is 2. The van der Waals surface area contributed by atoms with Gasteiger partial charge < -0.3 is 19.9 Å². The van der Waals surface area contributed by atoms with Crippen LogP contribution < -0.4 is 5.32 Å². The average Bonchev–Trinajstić information content (AvgIpc) is 3.29. The summed E-state index contributed by atoms with van der Waals surface area (Å²) in [6.45, 7) is 2.43. The van der Waals surface area contributed by atoms with Gasteiger partial charge in [0.2, 0.25) is 6.79 Å². The molecule has 2 aliphatic rings. The predicted octanol–water partition coefficient (Wildman–Crippen LogP) is 1.39. The summed E-state index contributed by atoms with van der Waals surface area (Å²) in [5.41, 5.74) is 1.10. The first kappa shape index (κ1) is 26.1. The lowest BCUT2D eigenvalue weighted by atomic mass is 10.0. The number of fused-ring (bicyclic) bond motifs is 1. The number of ether oxygens (including phenoxy) is 2. The van der Waals surface area contributed by atoms with Gasteiger partial charge in [-0.25, -0.2) is 4.79 Å². The standard InChI is InChI=1S/C22H22N4O7S3/c1-11-24-25-22(36-11)35-9-14-8-34-20-15(23-18(29)17(28)13-6-4-3-5-7-13)19(30)26(20)16(14)21(31)33-10-32-12(2)27/h3-7,15,17,20,28H,8-10H2,1-2H3,(H,23,29)/t15?,17-,20-/m1/s1. The van der Waals surface area contributed by atoms with Gasteiger partial charge in [-0.3, -0.25) is 19.3 Å². The third-order valence-corrected chi connectivity index (χ3v) is 8.63. The fourth-order valence-corrected chi connectivity index (χ4v) is 6.82. The van der Waals surface area contributed by atoms with Crippen molar-refractivity contribution >= 4 is 58.6 Å². The van der Waals surface area contributed by atoms with Gasteiger partial charge in [0.25, 0.3) is 11.8 Å². The number of β-lactam (4-membered cyclic amide) rings is 1. The van der Waals surface area contributed by atoms with Crippen molar-refractivity contribution in [1.82, 2.24) is 20.4 Å². The monoisotopic (exact) mass is 550 g/mol. The molecule has 2 N–H and O–H groups in total. The number of aliphatic hydroxyl groups is 1. The number of amides is 2. The maximum atomic E-state index is 13.1. The van der Waals surface area contributed by atoms with E-state index in [0.29, 0.717) is 22.6 Å². The molecule has 1 unspecified atom stereocenters. The molecule has 11 nitrogen and oxygen atoms in total. The molecule has 0 radical (unpaired) electrons. The molecule has 0 bridgehead atoms. The van der Waals surface area contributed by atoms with Crippen molar-refractivity contribution in [3.8, 4) is 0 Å². The highest BCUT2D eigenvalue weighted by Gasteiger charge is 2.54. The lowest BCUT2D eigenvalue weighted by Gasteiger charge is -2.49. The van der Waals surface area contributed by atoms with Crippen molar-refractivity contribution in [2.24, 2.45) is 0 Å². The molecule has 190 valence electrons. The Balaban J connectivity index is 1.49. The molecule has 0 spiro atoms. The maximum absolute atomic E-state index is 13.1. The van der Waals surface area contributed by atoms with E-state index in [9.17, 15) is 24.3 Å². The molecule has 1 aromatic heterocycles. The number of hydrogen-bond acceptors (Lipinski definition) is 12. The van der Waals surface area contributed by atoms with Crippen molar-refractivity contribution < 1.29 is 33.8 Å². The van der Waals surface area contributed by atoms with Crippen LogP contribution in [-0.2, 0) is 28.7 Å². The summed E-state index contributed by atoms with van der Waals surface area (Å²) in [5, 5.41) is 21.2. The van der Waals surface area contributed by atoms with Gasteiger partial charge in [0, 0.05) is 18.4 Å². The van der Waals surface area contributed by atoms with Gasteiger partial charge in [-0.15, -0.1) is 22.0 Å².